The van der Waals surface area contributed by atoms with Crippen LogP contribution in [0.3, 0.4) is 0 Å². The fraction of sp³-hybridized carbons (Fsp3) is 0.714. The number of carbonyl (C=O) groups is 2. The van der Waals surface area contributed by atoms with Gasteiger partial charge in [-0.15, -0.1) is 0 Å². The second kappa shape index (κ2) is 3.89. The van der Waals surface area contributed by atoms with Crippen LogP contribution in [0.2, 0.25) is 0 Å². The lowest BCUT2D eigenvalue weighted by molar-refractivity contribution is -0.158. The number of rotatable bonds is 0. The summed E-state index contributed by atoms with van der Waals surface area (Å²) in [5, 5.41) is 0. The maximum Gasteiger partial charge on any atom is 0.313 e. The maximum absolute atomic E-state index is 13.0. The lowest BCUT2D eigenvalue weighted by Crippen LogP contribution is -2.48. The highest BCUT2D eigenvalue weighted by Gasteiger charge is 2.80. The third-order valence-corrected chi connectivity index (χ3v) is 8.95. The van der Waals surface area contributed by atoms with Crippen molar-refractivity contribution in [3.05, 3.63) is 23.8 Å². The Morgan fingerprint density at radius 3 is 2.71 bits per heavy atom. The van der Waals surface area contributed by atoms with Crippen LogP contribution < -0.4 is 0 Å². The van der Waals surface area contributed by atoms with Crippen LogP contribution in [0.1, 0.15) is 47.0 Å². The first-order valence-electron chi connectivity index (χ1n) is 9.31. The molecule has 5 aliphatic rings. The summed E-state index contributed by atoms with van der Waals surface area (Å²) in [6, 6.07) is 0. The van der Waals surface area contributed by atoms with E-state index in [1.165, 1.54) is 5.57 Å². The molecular formula is C21H26O3. The Morgan fingerprint density at radius 1 is 1.29 bits per heavy atom. The van der Waals surface area contributed by atoms with Gasteiger partial charge in [0.05, 0.1) is 5.41 Å². The lowest BCUT2D eigenvalue weighted by atomic mass is 9.57. The Labute approximate surface area is 143 Å². The van der Waals surface area contributed by atoms with E-state index in [1.54, 1.807) is 0 Å². The molecule has 5 rings (SSSR count). The Bertz CT molecular complexity index is 748. The number of fused-ring (bicyclic) bond motifs is 1. The van der Waals surface area contributed by atoms with E-state index in [-0.39, 0.29) is 35.1 Å². The molecule has 0 aromatic rings. The van der Waals surface area contributed by atoms with Crippen LogP contribution in [0.5, 0.6) is 0 Å². The third-order valence-electron chi connectivity index (χ3n) is 8.95. The van der Waals surface area contributed by atoms with E-state index in [0.717, 1.165) is 18.4 Å². The molecule has 0 aromatic carbocycles. The highest BCUT2D eigenvalue weighted by molar-refractivity contribution is 5.88. The van der Waals surface area contributed by atoms with Crippen molar-refractivity contribution >= 4 is 11.8 Å². The average Bonchev–Trinajstić information content (AvgIpc) is 2.99. The van der Waals surface area contributed by atoms with Gasteiger partial charge in [-0.1, -0.05) is 31.6 Å². The molecule has 4 fully saturated rings. The fourth-order valence-electron chi connectivity index (χ4n) is 7.65. The van der Waals surface area contributed by atoms with Crippen molar-refractivity contribution in [1.82, 2.24) is 0 Å². The lowest BCUT2D eigenvalue weighted by Gasteiger charge is -2.43. The molecule has 0 aromatic heterocycles. The zero-order valence-corrected chi connectivity index (χ0v) is 15.0. The molecule has 1 aliphatic heterocycles. The molecule has 4 bridgehead atoms. The quantitative estimate of drug-likeness (QED) is 0.504. The molecule has 24 heavy (non-hydrogen) atoms. The minimum atomic E-state index is -0.562. The van der Waals surface area contributed by atoms with E-state index < -0.39 is 11.0 Å². The number of ketones is 1. The third kappa shape index (κ3) is 1.22. The molecule has 8 atom stereocenters. The van der Waals surface area contributed by atoms with Gasteiger partial charge in [0.15, 0.2) is 0 Å². The maximum atomic E-state index is 13.0. The first kappa shape index (κ1) is 14.9. The number of Topliss-reactive ketones (excluding diaryl/α,β-unsaturated/α-hetero) is 1. The van der Waals surface area contributed by atoms with Gasteiger partial charge in [-0.2, -0.15) is 0 Å². The standard InChI is InChI=1S/C21H26O3/c1-10-8-21-16-6-15(22)14-9-20(16,7-11(14)2)13(4)17(21)19(5,12(10)3)18(23)24-21/h8,12-14,16-17H,2,6-7,9H2,1,3-5H3/t12?,13-,14+,16?,17?,19+,20+,21+/m0/s1. The van der Waals surface area contributed by atoms with Gasteiger partial charge in [-0.3, -0.25) is 9.59 Å². The molecule has 3 saturated carbocycles. The van der Waals surface area contributed by atoms with Gasteiger partial charge in [0, 0.05) is 24.2 Å². The summed E-state index contributed by atoms with van der Waals surface area (Å²) >= 11 is 0. The molecule has 4 aliphatic carbocycles. The Morgan fingerprint density at radius 2 is 2.00 bits per heavy atom. The van der Waals surface area contributed by atoms with Gasteiger partial charge in [0.1, 0.15) is 11.4 Å². The van der Waals surface area contributed by atoms with Gasteiger partial charge < -0.3 is 4.74 Å². The zero-order chi connectivity index (χ0) is 17.2. The van der Waals surface area contributed by atoms with Crippen molar-refractivity contribution in [1.29, 1.82) is 0 Å². The molecule has 1 heterocycles. The van der Waals surface area contributed by atoms with Crippen molar-refractivity contribution in [2.24, 2.45) is 40.4 Å². The molecule has 3 nitrogen and oxygen atoms in total. The molecule has 0 N–H and O–H groups in total. The van der Waals surface area contributed by atoms with Crippen LogP contribution in [-0.2, 0) is 14.3 Å². The van der Waals surface area contributed by atoms with E-state index >= 15 is 0 Å². The van der Waals surface area contributed by atoms with Crippen LogP contribution in [-0.4, -0.2) is 17.4 Å². The van der Waals surface area contributed by atoms with E-state index in [0.29, 0.717) is 18.1 Å². The van der Waals surface area contributed by atoms with Gasteiger partial charge >= 0.3 is 5.97 Å². The van der Waals surface area contributed by atoms with Crippen LogP contribution in [0.4, 0.5) is 0 Å². The SMILES string of the molecule is C=C1C[C@]23C[C@H]1C(=O)CC2[C@@]12C=C(C)C(C)[C@@](C)(C(=O)O1)C2[C@@H]3C. The van der Waals surface area contributed by atoms with E-state index in [9.17, 15) is 9.59 Å². The summed E-state index contributed by atoms with van der Waals surface area (Å²) in [6.45, 7) is 12.9. The first-order valence-corrected chi connectivity index (χ1v) is 9.31. The number of ether oxygens (including phenoxy) is 1. The van der Waals surface area contributed by atoms with E-state index in [4.69, 9.17) is 4.74 Å². The zero-order valence-electron chi connectivity index (χ0n) is 15.0. The predicted molar refractivity (Wildman–Crippen MR) is 89.9 cm³/mol. The number of esters is 1. The van der Waals surface area contributed by atoms with Crippen molar-refractivity contribution in [2.75, 3.05) is 0 Å². The summed E-state index contributed by atoms with van der Waals surface area (Å²) in [5.74, 6) is 1.18. The molecule has 1 spiro atoms. The first-order chi connectivity index (χ1) is 11.2. The number of hydrogen-bond acceptors (Lipinski definition) is 3. The molecule has 0 amide bonds. The average molecular weight is 326 g/mol. The van der Waals surface area contributed by atoms with Crippen molar-refractivity contribution in [2.45, 2.75) is 52.6 Å². The summed E-state index contributed by atoms with van der Waals surface area (Å²) in [4.78, 5) is 25.7. The molecule has 3 unspecified atom stereocenters. The summed E-state index contributed by atoms with van der Waals surface area (Å²) in [5.41, 5.74) is 1.42. The highest BCUT2D eigenvalue weighted by Crippen LogP contribution is 2.77. The second-order valence-corrected chi connectivity index (χ2v) is 9.45. The predicted octanol–water partition coefficient (Wildman–Crippen LogP) is 3.69. The van der Waals surface area contributed by atoms with Crippen LogP contribution in [0, 0.1) is 40.4 Å². The summed E-state index contributed by atoms with van der Waals surface area (Å²) in [6.07, 6.45) is 4.64. The fourth-order valence-corrected chi connectivity index (χ4v) is 7.65. The Kier molecular flexibility index (Phi) is 2.42. The summed E-state index contributed by atoms with van der Waals surface area (Å²) in [7, 11) is 0. The normalized spacial score (nSPS) is 57.6. The van der Waals surface area contributed by atoms with Crippen LogP contribution in [0.25, 0.3) is 0 Å². The van der Waals surface area contributed by atoms with Crippen LogP contribution in [0.15, 0.2) is 23.8 Å². The number of carbonyl (C=O) groups excluding carboxylic acids is 2. The van der Waals surface area contributed by atoms with Crippen molar-refractivity contribution in [3.8, 4) is 0 Å². The van der Waals surface area contributed by atoms with Gasteiger partial charge in [-0.05, 0) is 50.0 Å². The number of allylic oxidation sites excluding steroid dienone is 2. The van der Waals surface area contributed by atoms with Crippen molar-refractivity contribution in [3.63, 3.8) is 0 Å². The molecule has 128 valence electrons. The smallest absolute Gasteiger partial charge is 0.313 e. The molecule has 1 saturated heterocycles. The molecule has 0 radical (unpaired) electrons. The largest absolute Gasteiger partial charge is 0.454 e. The van der Waals surface area contributed by atoms with E-state index in [2.05, 4.69) is 40.3 Å². The summed E-state index contributed by atoms with van der Waals surface area (Å²) < 4.78 is 6.21. The Balaban J connectivity index is 1.78. The molecule has 3 heteroatoms. The van der Waals surface area contributed by atoms with Crippen molar-refractivity contribution < 1.29 is 14.3 Å². The Hall–Kier alpha value is -1.38. The van der Waals surface area contributed by atoms with Gasteiger partial charge in [0.25, 0.3) is 0 Å². The highest BCUT2D eigenvalue weighted by atomic mass is 16.6. The van der Waals surface area contributed by atoms with Crippen LogP contribution >= 0.6 is 0 Å². The second-order valence-electron chi connectivity index (χ2n) is 9.45. The molecular weight excluding hydrogens is 300 g/mol. The number of hydrogen-bond donors (Lipinski definition) is 0. The van der Waals surface area contributed by atoms with Gasteiger partial charge in [0.2, 0.25) is 0 Å². The minimum absolute atomic E-state index is 0.0461. The minimum Gasteiger partial charge on any atom is -0.454 e. The topological polar surface area (TPSA) is 43.4 Å². The van der Waals surface area contributed by atoms with Gasteiger partial charge in [-0.25, -0.2) is 0 Å². The monoisotopic (exact) mass is 326 g/mol. The van der Waals surface area contributed by atoms with E-state index in [1.807, 2.05) is 0 Å².